The predicted molar refractivity (Wildman–Crippen MR) is 86.8 cm³/mol. The molecule has 22 heavy (non-hydrogen) atoms. The average molecular weight is 343 g/mol. The van der Waals surface area contributed by atoms with Gasteiger partial charge in [0.15, 0.2) is 0 Å². The van der Waals surface area contributed by atoms with Crippen molar-refractivity contribution in [1.82, 2.24) is 0 Å². The third-order valence-electron chi connectivity index (χ3n) is 4.56. The highest BCUT2D eigenvalue weighted by molar-refractivity contribution is 8.00. The number of carbonyl (C=O) groups is 2. The Bertz CT molecular complexity index is 612. The van der Waals surface area contributed by atoms with Gasteiger partial charge >= 0.3 is 11.9 Å². The average Bonchev–Trinajstić information content (AvgIpc) is 2.46. The van der Waals surface area contributed by atoms with Gasteiger partial charge in [0.25, 0.3) is 0 Å². The fourth-order valence-electron chi connectivity index (χ4n) is 3.21. The van der Waals surface area contributed by atoms with Crippen LogP contribution in [-0.2, 0) is 15.0 Å². The first-order valence-corrected chi connectivity index (χ1v) is 8.42. The molecule has 120 valence electrons. The zero-order valence-electron chi connectivity index (χ0n) is 12.6. The van der Waals surface area contributed by atoms with E-state index in [0.717, 1.165) is 17.7 Å². The highest BCUT2D eigenvalue weighted by Gasteiger charge is 2.53. The van der Waals surface area contributed by atoms with E-state index < -0.39 is 23.8 Å². The summed E-state index contributed by atoms with van der Waals surface area (Å²) >= 11 is 7.68. The number of thioether (sulfide) groups is 1. The first-order chi connectivity index (χ1) is 10.3. The second-order valence-electron chi connectivity index (χ2n) is 5.77. The fraction of sp³-hybridized carbons (Fsp3) is 0.500. The van der Waals surface area contributed by atoms with E-state index in [4.69, 9.17) is 11.6 Å². The number of fused-ring (bicyclic) bond motifs is 1. The maximum absolute atomic E-state index is 12.1. The van der Waals surface area contributed by atoms with Crippen LogP contribution in [0.5, 0.6) is 0 Å². The Morgan fingerprint density at radius 2 is 1.91 bits per heavy atom. The molecule has 1 aromatic rings. The molecule has 0 aromatic heterocycles. The molecule has 0 radical (unpaired) electrons. The molecule has 0 fully saturated rings. The molecule has 1 aliphatic rings. The Morgan fingerprint density at radius 3 is 2.41 bits per heavy atom. The van der Waals surface area contributed by atoms with Crippen LogP contribution < -0.4 is 0 Å². The molecule has 0 spiro atoms. The summed E-state index contributed by atoms with van der Waals surface area (Å²) in [5.74, 6) is -2.20. The Kier molecular flexibility index (Phi) is 4.78. The molecule has 2 rings (SSSR count). The second kappa shape index (κ2) is 6.13. The summed E-state index contributed by atoms with van der Waals surface area (Å²) in [6.45, 7) is 4.04. The first-order valence-electron chi connectivity index (χ1n) is 7.23. The van der Waals surface area contributed by atoms with Crippen LogP contribution in [-0.4, -0.2) is 26.9 Å². The first kappa shape index (κ1) is 17.2. The van der Waals surface area contributed by atoms with E-state index in [-0.39, 0.29) is 4.75 Å². The van der Waals surface area contributed by atoms with Crippen molar-refractivity contribution in [2.45, 2.75) is 54.6 Å². The van der Waals surface area contributed by atoms with Gasteiger partial charge in [0.05, 0.1) is 6.42 Å². The summed E-state index contributed by atoms with van der Waals surface area (Å²) in [7, 11) is 0. The van der Waals surface area contributed by atoms with E-state index in [1.165, 1.54) is 0 Å². The van der Waals surface area contributed by atoms with Gasteiger partial charge in [-0.05, 0) is 43.0 Å². The molecule has 1 heterocycles. The molecule has 1 unspecified atom stereocenters. The van der Waals surface area contributed by atoms with E-state index in [1.54, 1.807) is 30.0 Å². The van der Waals surface area contributed by atoms with Crippen LogP contribution in [0.4, 0.5) is 0 Å². The largest absolute Gasteiger partial charge is 0.481 e. The van der Waals surface area contributed by atoms with Gasteiger partial charge < -0.3 is 10.2 Å². The van der Waals surface area contributed by atoms with Crippen LogP contribution in [0.15, 0.2) is 23.1 Å². The highest BCUT2D eigenvalue weighted by atomic mass is 35.5. The zero-order valence-corrected chi connectivity index (χ0v) is 14.1. The van der Waals surface area contributed by atoms with Gasteiger partial charge in [0.1, 0.15) is 5.41 Å². The number of benzene rings is 1. The van der Waals surface area contributed by atoms with Crippen molar-refractivity contribution < 1.29 is 19.8 Å². The van der Waals surface area contributed by atoms with Crippen molar-refractivity contribution in [1.29, 1.82) is 0 Å². The monoisotopic (exact) mass is 342 g/mol. The molecule has 4 nitrogen and oxygen atoms in total. The number of aliphatic carboxylic acids is 2. The van der Waals surface area contributed by atoms with Crippen LogP contribution >= 0.6 is 23.4 Å². The number of hydrogen-bond donors (Lipinski definition) is 2. The summed E-state index contributed by atoms with van der Waals surface area (Å²) in [6.07, 6.45) is 1.43. The molecule has 0 saturated heterocycles. The van der Waals surface area contributed by atoms with Crippen molar-refractivity contribution in [3.05, 3.63) is 28.8 Å². The van der Waals surface area contributed by atoms with E-state index in [9.17, 15) is 19.8 Å². The lowest BCUT2D eigenvalue weighted by Crippen LogP contribution is -2.47. The smallest absolute Gasteiger partial charge is 0.314 e. The van der Waals surface area contributed by atoms with E-state index in [0.29, 0.717) is 17.0 Å². The third kappa shape index (κ3) is 2.84. The van der Waals surface area contributed by atoms with Gasteiger partial charge in [-0.1, -0.05) is 25.4 Å². The van der Waals surface area contributed by atoms with Crippen LogP contribution in [0.2, 0.25) is 5.02 Å². The normalized spacial score (nSPS) is 22.9. The van der Waals surface area contributed by atoms with Gasteiger partial charge in [-0.25, -0.2) is 0 Å². The molecule has 1 atom stereocenters. The van der Waals surface area contributed by atoms with Crippen molar-refractivity contribution in [2.75, 3.05) is 0 Å². The maximum Gasteiger partial charge on any atom is 0.314 e. The van der Waals surface area contributed by atoms with E-state index >= 15 is 0 Å². The molecule has 0 amide bonds. The Balaban J connectivity index is 2.71. The van der Waals surface area contributed by atoms with Crippen LogP contribution in [0.25, 0.3) is 0 Å². The van der Waals surface area contributed by atoms with Crippen LogP contribution in [0.3, 0.4) is 0 Å². The lowest BCUT2D eigenvalue weighted by Gasteiger charge is -2.45. The van der Waals surface area contributed by atoms with Crippen LogP contribution in [0.1, 0.15) is 45.1 Å². The lowest BCUT2D eigenvalue weighted by atomic mass is 9.69. The molecule has 1 aromatic carbocycles. The number of halogens is 1. The predicted octanol–water partition coefficient (Wildman–Crippen LogP) is 4.19. The SMILES string of the molecule is CCC1(CC)CC(CC(=O)O)(C(=O)O)c2cc(Cl)ccc2S1. The second-order valence-corrected chi connectivity index (χ2v) is 7.71. The quantitative estimate of drug-likeness (QED) is 0.839. The zero-order chi connectivity index (χ0) is 16.5. The molecule has 1 aliphatic heterocycles. The van der Waals surface area contributed by atoms with E-state index in [2.05, 4.69) is 0 Å². The third-order valence-corrected chi connectivity index (χ3v) is 6.52. The Morgan fingerprint density at radius 1 is 1.27 bits per heavy atom. The fourth-order valence-corrected chi connectivity index (χ4v) is 4.95. The Hall–Kier alpha value is -1.20. The number of hydrogen-bond acceptors (Lipinski definition) is 3. The molecule has 0 saturated carbocycles. The minimum Gasteiger partial charge on any atom is -0.481 e. The number of carboxylic acid groups (broad SMARTS) is 2. The molecule has 6 heteroatoms. The highest BCUT2D eigenvalue weighted by Crippen LogP contribution is 2.56. The Labute approximate surface area is 138 Å². The van der Waals surface area contributed by atoms with Crippen LogP contribution in [0, 0.1) is 0 Å². The minimum absolute atomic E-state index is 0.269. The molecular formula is C16H19ClO4S. The molecule has 2 N–H and O–H groups in total. The molecule has 0 bridgehead atoms. The summed E-state index contributed by atoms with van der Waals surface area (Å²) < 4.78 is -0.269. The topological polar surface area (TPSA) is 74.6 Å². The minimum atomic E-state index is -1.43. The molecular weight excluding hydrogens is 324 g/mol. The summed E-state index contributed by atoms with van der Waals surface area (Å²) in [6, 6.07) is 5.14. The van der Waals surface area contributed by atoms with Gasteiger partial charge in [-0.3, -0.25) is 9.59 Å². The van der Waals surface area contributed by atoms with Crippen molar-refractivity contribution in [3.8, 4) is 0 Å². The molecule has 0 aliphatic carbocycles. The van der Waals surface area contributed by atoms with Gasteiger partial charge in [-0.2, -0.15) is 0 Å². The van der Waals surface area contributed by atoms with Gasteiger partial charge in [0.2, 0.25) is 0 Å². The van der Waals surface area contributed by atoms with Crippen molar-refractivity contribution >= 4 is 35.3 Å². The van der Waals surface area contributed by atoms with Crippen molar-refractivity contribution in [3.63, 3.8) is 0 Å². The standard InChI is InChI=1S/C16H19ClO4S/c1-3-15(4-2)9-16(14(20)21,8-13(18)19)11-7-10(17)5-6-12(11)22-15/h5-7H,3-4,8-9H2,1-2H3,(H,18,19)(H,20,21). The summed E-state index contributed by atoms with van der Waals surface area (Å²) in [5.41, 5.74) is -0.902. The number of rotatable bonds is 5. The van der Waals surface area contributed by atoms with Gasteiger partial charge in [0, 0.05) is 14.7 Å². The summed E-state index contributed by atoms with van der Waals surface area (Å²) in [5, 5.41) is 19.6. The summed E-state index contributed by atoms with van der Waals surface area (Å²) in [4.78, 5) is 24.3. The van der Waals surface area contributed by atoms with E-state index in [1.807, 2.05) is 13.8 Å². The van der Waals surface area contributed by atoms with Crippen molar-refractivity contribution in [2.24, 2.45) is 0 Å². The number of carboxylic acids is 2. The van der Waals surface area contributed by atoms with Gasteiger partial charge in [-0.15, -0.1) is 11.8 Å². The lowest BCUT2D eigenvalue weighted by molar-refractivity contribution is -0.151. The maximum atomic E-state index is 12.1.